The number of carbonyl (C=O) groups is 2. The molecular weight excluding hydrogens is 222 g/mol. The van der Waals surface area contributed by atoms with E-state index in [4.69, 9.17) is 0 Å². The van der Waals surface area contributed by atoms with Crippen molar-refractivity contribution in [2.24, 2.45) is 0 Å². The number of hydrogen-bond acceptors (Lipinski definition) is 4. The molecule has 0 spiro atoms. The van der Waals surface area contributed by atoms with Gasteiger partial charge in [-0.3, -0.25) is 4.79 Å². The molecule has 0 radical (unpaired) electrons. The standard InChI is InChI=1S/C12H15NO4/c14-10-3-1-2-9(8-10)6-7-13-11(15)4-5-12(16)17/h1-3,8,14H,4-7H2,(H,13,15)(H,16,17)/p-1. The zero-order chi connectivity index (χ0) is 12.7. The molecule has 5 heteroatoms. The molecule has 0 aromatic heterocycles. The highest BCUT2D eigenvalue weighted by Crippen LogP contribution is 2.10. The van der Waals surface area contributed by atoms with Crippen LogP contribution in [0.15, 0.2) is 24.3 Å². The van der Waals surface area contributed by atoms with Crippen molar-refractivity contribution in [3.05, 3.63) is 29.8 Å². The Hall–Kier alpha value is -2.04. The topological polar surface area (TPSA) is 89.5 Å². The number of hydrogen-bond donors (Lipinski definition) is 2. The number of rotatable bonds is 6. The first-order valence-electron chi connectivity index (χ1n) is 5.32. The first-order chi connectivity index (χ1) is 8.08. The Morgan fingerprint density at radius 1 is 1.29 bits per heavy atom. The molecule has 1 aromatic rings. The Labute approximate surface area is 99.1 Å². The monoisotopic (exact) mass is 236 g/mol. The van der Waals surface area contributed by atoms with Crippen molar-refractivity contribution < 1.29 is 19.8 Å². The second-order valence-electron chi connectivity index (χ2n) is 3.64. The van der Waals surface area contributed by atoms with Crippen molar-refractivity contribution in [2.75, 3.05) is 6.54 Å². The summed E-state index contributed by atoms with van der Waals surface area (Å²) in [6, 6.07) is 6.75. The van der Waals surface area contributed by atoms with E-state index in [1.54, 1.807) is 18.2 Å². The van der Waals surface area contributed by atoms with Crippen LogP contribution in [0.25, 0.3) is 0 Å². The number of carboxylic acid groups (broad SMARTS) is 1. The van der Waals surface area contributed by atoms with Crippen molar-refractivity contribution in [3.63, 3.8) is 0 Å². The van der Waals surface area contributed by atoms with Crippen molar-refractivity contribution >= 4 is 11.9 Å². The van der Waals surface area contributed by atoms with Gasteiger partial charge in [0.05, 0.1) is 0 Å². The van der Waals surface area contributed by atoms with Crippen LogP contribution in [-0.2, 0) is 16.0 Å². The van der Waals surface area contributed by atoms with E-state index in [2.05, 4.69) is 5.32 Å². The molecule has 5 nitrogen and oxygen atoms in total. The molecule has 92 valence electrons. The van der Waals surface area contributed by atoms with Crippen LogP contribution in [0.1, 0.15) is 18.4 Å². The van der Waals surface area contributed by atoms with E-state index in [1.165, 1.54) is 0 Å². The predicted octanol–water partition coefficient (Wildman–Crippen LogP) is -0.419. The predicted molar refractivity (Wildman–Crippen MR) is 59.1 cm³/mol. The lowest BCUT2D eigenvalue weighted by molar-refractivity contribution is -0.305. The summed E-state index contributed by atoms with van der Waals surface area (Å²) in [5.41, 5.74) is 0.908. The molecule has 0 fully saturated rings. The Balaban J connectivity index is 2.23. The summed E-state index contributed by atoms with van der Waals surface area (Å²) in [5.74, 6) is -1.35. The molecule has 0 aliphatic heterocycles. The minimum atomic E-state index is -1.23. The molecule has 0 aliphatic rings. The average molecular weight is 236 g/mol. The Morgan fingerprint density at radius 3 is 2.71 bits per heavy atom. The fraction of sp³-hybridized carbons (Fsp3) is 0.333. The summed E-state index contributed by atoms with van der Waals surface area (Å²) < 4.78 is 0. The smallest absolute Gasteiger partial charge is 0.220 e. The summed E-state index contributed by atoms with van der Waals surface area (Å²) in [6.45, 7) is 0.412. The third-order valence-corrected chi connectivity index (χ3v) is 2.20. The molecule has 0 unspecified atom stereocenters. The molecule has 0 bridgehead atoms. The largest absolute Gasteiger partial charge is 0.550 e. The van der Waals surface area contributed by atoms with Gasteiger partial charge in [-0.2, -0.15) is 0 Å². The summed E-state index contributed by atoms with van der Waals surface area (Å²) in [7, 11) is 0. The summed E-state index contributed by atoms with van der Waals surface area (Å²) in [5, 5.41) is 21.9. The van der Waals surface area contributed by atoms with E-state index in [9.17, 15) is 19.8 Å². The van der Waals surface area contributed by atoms with E-state index in [-0.39, 0.29) is 24.5 Å². The molecule has 0 atom stereocenters. The van der Waals surface area contributed by atoms with E-state index in [1.807, 2.05) is 6.07 Å². The molecule has 1 rings (SSSR count). The average Bonchev–Trinajstić information content (AvgIpc) is 2.26. The van der Waals surface area contributed by atoms with Crippen LogP contribution in [0.3, 0.4) is 0 Å². The number of nitrogens with one attached hydrogen (secondary N) is 1. The van der Waals surface area contributed by atoms with Crippen molar-refractivity contribution in [1.82, 2.24) is 5.32 Å². The molecule has 17 heavy (non-hydrogen) atoms. The van der Waals surface area contributed by atoms with Gasteiger partial charge in [0.2, 0.25) is 5.91 Å². The highest BCUT2D eigenvalue weighted by atomic mass is 16.4. The highest BCUT2D eigenvalue weighted by molar-refractivity contribution is 5.79. The number of aliphatic carboxylic acids is 1. The highest BCUT2D eigenvalue weighted by Gasteiger charge is 2.01. The SMILES string of the molecule is O=C([O-])CCC(=O)NCCc1cccc(O)c1. The quantitative estimate of drug-likeness (QED) is 0.702. The van der Waals surface area contributed by atoms with Crippen LogP contribution >= 0.6 is 0 Å². The first-order valence-corrected chi connectivity index (χ1v) is 5.32. The molecule has 1 aromatic carbocycles. The Morgan fingerprint density at radius 2 is 2.06 bits per heavy atom. The van der Waals surface area contributed by atoms with Crippen LogP contribution in [0, 0.1) is 0 Å². The van der Waals surface area contributed by atoms with Gasteiger partial charge < -0.3 is 20.3 Å². The lowest BCUT2D eigenvalue weighted by Gasteiger charge is -2.06. The molecule has 0 saturated heterocycles. The maximum Gasteiger partial charge on any atom is 0.220 e. The Bertz CT molecular complexity index is 403. The zero-order valence-electron chi connectivity index (χ0n) is 9.31. The van der Waals surface area contributed by atoms with E-state index in [0.717, 1.165) is 5.56 Å². The van der Waals surface area contributed by atoms with Gasteiger partial charge >= 0.3 is 0 Å². The number of carbonyl (C=O) groups excluding carboxylic acids is 2. The third-order valence-electron chi connectivity index (χ3n) is 2.20. The van der Waals surface area contributed by atoms with Crippen LogP contribution in [0.4, 0.5) is 0 Å². The lowest BCUT2D eigenvalue weighted by atomic mass is 10.1. The summed E-state index contributed by atoms with van der Waals surface area (Å²) >= 11 is 0. The molecule has 0 aliphatic carbocycles. The molecule has 0 heterocycles. The lowest BCUT2D eigenvalue weighted by Crippen LogP contribution is -2.29. The molecule has 0 saturated carbocycles. The van der Waals surface area contributed by atoms with Gasteiger partial charge in [-0.1, -0.05) is 12.1 Å². The zero-order valence-corrected chi connectivity index (χ0v) is 9.31. The maximum atomic E-state index is 11.2. The van der Waals surface area contributed by atoms with Crippen LogP contribution in [-0.4, -0.2) is 23.5 Å². The minimum Gasteiger partial charge on any atom is -0.550 e. The molecule has 2 N–H and O–H groups in total. The molecule has 1 amide bonds. The maximum absolute atomic E-state index is 11.2. The summed E-state index contributed by atoms with van der Waals surface area (Å²) in [4.78, 5) is 21.3. The Kier molecular flexibility index (Phi) is 5.00. The second kappa shape index (κ2) is 6.52. The van der Waals surface area contributed by atoms with Gasteiger partial charge in [0.1, 0.15) is 5.75 Å². The van der Waals surface area contributed by atoms with E-state index >= 15 is 0 Å². The van der Waals surface area contributed by atoms with Crippen molar-refractivity contribution in [3.8, 4) is 5.75 Å². The van der Waals surface area contributed by atoms with E-state index in [0.29, 0.717) is 13.0 Å². The number of phenols is 1. The van der Waals surface area contributed by atoms with Gasteiger partial charge in [-0.25, -0.2) is 0 Å². The van der Waals surface area contributed by atoms with Gasteiger partial charge in [0.15, 0.2) is 0 Å². The number of phenolic OH excluding ortho intramolecular Hbond substituents is 1. The second-order valence-corrected chi connectivity index (χ2v) is 3.64. The number of carboxylic acids is 1. The van der Waals surface area contributed by atoms with Crippen LogP contribution < -0.4 is 10.4 Å². The van der Waals surface area contributed by atoms with Gasteiger partial charge in [0, 0.05) is 18.9 Å². The number of amides is 1. The first kappa shape index (κ1) is 13.0. The van der Waals surface area contributed by atoms with Crippen LogP contribution in [0.5, 0.6) is 5.75 Å². The number of aromatic hydroxyl groups is 1. The third kappa shape index (κ3) is 5.55. The van der Waals surface area contributed by atoms with E-state index < -0.39 is 5.97 Å². The fourth-order valence-corrected chi connectivity index (χ4v) is 1.36. The minimum absolute atomic E-state index is 0.0671. The molecular formula is C12H14NO4-. The van der Waals surface area contributed by atoms with Gasteiger partial charge in [-0.05, 0) is 30.5 Å². The normalized spacial score (nSPS) is 9.88. The summed E-state index contributed by atoms with van der Waals surface area (Å²) in [6.07, 6.45) is 0.256. The van der Waals surface area contributed by atoms with Gasteiger partial charge in [0.25, 0.3) is 0 Å². The van der Waals surface area contributed by atoms with Crippen LogP contribution in [0.2, 0.25) is 0 Å². The number of benzene rings is 1. The van der Waals surface area contributed by atoms with Crippen molar-refractivity contribution in [1.29, 1.82) is 0 Å². The fourth-order valence-electron chi connectivity index (χ4n) is 1.36. The van der Waals surface area contributed by atoms with Gasteiger partial charge in [-0.15, -0.1) is 0 Å². The van der Waals surface area contributed by atoms with Crippen molar-refractivity contribution in [2.45, 2.75) is 19.3 Å².